The number of hydrogen-bond donors (Lipinski definition) is 1. The second-order valence-electron chi connectivity index (χ2n) is 9.46. The Hall–Kier alpha value is -0.370. The van der Waals surface area contributed by atoms with Gasteiger partial charge in [0.25, 0.3) is 0 Å². The van der Waals surface area contributed by atoms with Crippen LogP contribution in [-0.2, 0) is 4.79 Å². The minimum Gasteiger partial charge on any atom is -0.393 e. The van der Waals surface area contributed by atoms with Gasteiger partial charge in [0, 0.05) is 12.3 Å². The van der Waals surface area contributed by atoms with E-state index in [0.717, 1.165) is 37.0 Å². The Morgan fingerprint density at radius 2 is 1.59 bits per heavy atom. The zero-order chi connectivity index (χ0) is 15.7. The van der Waals surface area contributed by atoms with Crippen molar-refractivity contribution < 1.29 is 9.90 Å². The SMILES string of the molecule is C[C@@H]1C(=O)CC[C@]2(C)[C@H]3CC[C@]4(C)[C@@H](O)CC[C@H]4[C@@H]3CC[C@@H]12. The van der Waals surface area contributed by atoms with Crippen LogP contribution in [0, 0.1) is 40.4 Å². The van der Waals surface area contributed by atoms with E-state index in [2.05, 4.69) is 20.8 Å². The summed E-state index contributed by atoms with van der Waals surface area (Å²) in [6.45, 7) is 7.05. The second-order valence-corrected chi connectivity index (χ2v) is 9.46. The molecule has 4 rings (SSSR count). The summed E-state index contributed by atoms with van der Waals surface area (Å²) in [6.07, 6.45) is 9.12. The van der Waals surface area contributed by atoms with Gasteiger partial charge in [-0.05, 0) is 79.4 Å². The maximum absolute atomic E-state index is 12.2. The Bertz CT molecular complexity index is 486. The predicted molar refractivity (Wildman–Crippen MR) is 87.3 cm³/mol. The van der Waals surface area contributed by atoms with E-state index in [0.29, 0.717) is 17.1 Å². The highest BCUT2D eigenvalue weighted by atomic mass is 16.3. The highest BCUT2D eigenvalue weighted by molar-refractivity contribution is 5.82. The third kappa shape index (κ3) is 1.79. The summed E-state index contributed by atoms with van der Waals surface area (Å²) in [5.41, 5.74) is 0.561. The third-order valence-corrected chi connectivity index (χ3v) is 8.91. The average Bonchev–Trinajstić information content (AvgIpc) is 2.79. The molecule has 8 atom stereocenters. The van der Waals surface area contributed by atoms with E-state index < -0.39 is 0 Å². The van der Waals surface area contributed by atoms with Gasteiger partial charge in [-0.2, -0.15) is 0 Å². The number of aliphatic hydroxyl groups is 1. The van der Waals surface area contributed by atoms with Crippen molar-refractivity contribution in [2.75, 3.05) is 0 Å². The second kappa shape index (κ2) is 4.82. The van der Waals surface area contributed by atoms with E-state index in [1.165, 1.54) is 32.1 Å². The van der Waals surface area contributed by atoms with Crippen LogP contribution in [0.3, 0.4) is 0 Å². The van der Waals surface area contributed by atoms with Crippen LogP contribution in [0.4, 0.5) is 0 Å². The number of Topliss-reactive ketones (excluding diaryl/α,β-unsaturated/α-hetero) is 1. The standard InChI is InChI=1S/C20H32O2/c1-12-14-5-4-13-15-6-7-18(22)20(15,3)10-8-16(13)19(14,2)11-9-17(12)21/h12-16,18,22H,4-11H2,1-3H3/t12-,13-,14-,15-,16-,18-,19-,20-/m0/s1. The van der Waals surface area contributed by atoms with Crippen LogP contribution in [0.5, 0.6) is 0 Å². The fourth-order valence-electron chi connectivity index (χ4n) is 7.49. The summed E-state index contributed by atoms with van der Waals surface area (Å²) in [7, 11) is 0. The zero-order valence-electron chi connectivity index (χ0n) is 14.5. The smallest absolute Gasteiger partial charge is 0.136 e. The van der Waals surface area contributed by atoms with Crippen molar-refractivity contribution in [2.45, 2.75) is 78.2 Å². The van der Waals surface area contributed by atoms with Crippen molar-refractivity contribution in [3.05, 3.63) is 0 Å². The summed E-state index contributed by atoms with van der Waals surface area (Å²) in [6, 6.07) is 0. The normalized spacial score (nSPS) is 57.9. The van der Waals surface area contributed by atoms with Crippen LogP contribution in [0.1, 0.15) is 72.1 Å². The first-order valence-electron chi connectivity index (χ1n) is 9.58. The van der Waals surface area contributed by atoms with E-state index in [1.54, 1.807) is 0 Å². The van der Waals surface area contributed by atoms with Crippen molar-refractivity contribution in [3.63, 3.8) is 0 Å². The predicted octanol–water partition coefficient (Wildman–Crippen LogP) is 4.21. The van der Waals surface area contributed by atoms with Gasteiger partial charge < -0.3 is 5.11 Å². The largest absolute Gasteiger partial charge is 0.393 e. The van der Waals surface area contributed by atoms with Crippen LogP contribution >= 0.6 is 0 Å². The molecule has 0 aromatic rings. The lowest BCUT2D eigenvalue weighted by atomic mass is 9.44. The fraction of sp³-hybridized carbons (Fsp3) is 0.950. The molecule has 0 unspecified atom stereocenters. The van der Waals surface area contributed by atoms with E-state index in [4.69, 9.17) is 0 Å². The first kappa shape index (κ1) is 15.2. The Morgan fingerprint density at radius 1 is 0.909 bits per heavy atom. The van der Waals surface area contributed by atoms with Gasteiger partial charge in [0.1, 0.15) is 5.78 Å². The fourth-order valence-corrected chi connectivity index (χ4v) is 7.49. The zero-order valence-corrected chi connectivity index (χ0v) is 14.5. The Kier molecular flexibility index (Phi) is 3.32. The number of hydrogen-bond acceptors (Lipinski definition) is 2. The number of rotatable bonds is 0. The summed E-state index contributed by atoms with van der Waals surface area (Å²) in [4.78, 5) is 12.2. The Balaban J connectivity index is 1.65. The molecule has 4 aliphatic rings. The van der Waals surface area contributed by atoms with Crippen molar-refractivity contribution >= 4 is 5.78 Å². The molecule has 2 heteroatoms. The van der Waals surface area contributed by atoms with Crippen molar-refractivity contribution in [1.82, 2.24) is 0 Å². The minimum atomic E-state index is -0.0733. The van der Waals surface area contributed by atoms with Gasteiger partial charge in [-0.3, -0.25) is 4.79 Å². The van der Waals surface area contributed by atoms with Crippen molar-refractivity contribution in [2.24, 2.45) is 40.4 Å². The van der Waals surface area contributed by atoms with E-state index in [-0.39, 0.29) is 17.4 Å². The summed E-state index contributed by atoms with van der Waals surface area (Å²) < 4.78 is 0. The molecule has 2 nitrogen and oxygen atoms in total. The lowest BCUT2D eigenvalue weighted by Gasteiger charge is -2.61. The molecule has 0 aliphatic heterocycles. The molecule has 0 aromatic heterocycles. The molecule has 22 heavy (non-hydrogen) atoms. The molecule has 0 heterocycles. The van der Waals surface area contributed by atoms with E-state index in [1.807, 2.05) is 0 Å². The molecule has 4 fully saturated rings. The molecular formula is C20H32O2. The molecular weight excluding hydrogens is 272 g/mol. The number of ketones is 1. The highest BCUT2D eigenvalue weighted by Gasteiger charge is 2.60. The number of carbonyl (C=O) groups is 1. The van der Waals surface area contributed by atoms with Crippen molar-refractivity contribution in [1.29, 1.82) is 0 Å². The van der Waals surface area contributed by atoms with Crippen LogP contribution < -0.4 is 0 Å². The maximum Gasteiger partial charge on any atom is 0.136 e. The summed E-state index contributed by atoms with van der Waals surface area (Å²) in [5, 5.41) is 10.5. The van der Waals surface area contributed by atoms with Crippen molar-refractivity contribution in [3.8, 4) is 0 Å². The van der Waals surface area contributed by atoms with Crippen LogP contribution in [-0.4, -0.2) is 17.0 Å². The first-order valence-corrected chi connectivity index (χ1v) is 9.58. The first-order chi connectivity index (χ1) is 10.4. The van der Waals surface area contributed by atoms with Gasteiger partial charge in [-0.15, -0.1) is 0 Å². The minimum absolute atomic E-state index is 0.0733. The van der Waals surface area contributed by atoms with Gasteiger partial charge in [-0.25, -0.2) is 0 Å². The number of aliphatic hydroxyl groups excluding tert-OH is 1. The topological polar surface area (TPSA) is 37.3 Å². The van der Waals surface area contributed by atoms with E-state index >= 15 is 0 Å². The molecule has 1 N–H and O–H groups in total. The van der Waals surface area contributed by atoms with Gasteiger partial charge in [0.05, 0.1) is 6.10 Å². The molecule has 0 aromatic carbocycles. The molecule has 4 aliphatic carbocycles. The van der Waals surface area contributed by atoms with Crippen LogP contribution in [0.15, 0.2) is 0 Å². The highest BCUT2D eigenvalue weighted by Crippen LogP contribution is 2.66. The Morgan fingerprint density at radius 3 is 2.36 bits per heavy atom. The van der Waals surface area contributed by atoms with Gasteiger partial charge in [-0.1, -0.05) is 20.8 Å². The average molecular weight is 304 g/mol. The number of fused-ring (bicyclic) bond motifs is 5. The monoisotopic (exact) mass is 304 g/mol. The molecule has 0 radical (unpaired) electrons. The maximum atomic E-state index is 12.2. The van der Waals surface area contributed by atoms with Gasteiger partial charge >= 0.3 is 0 Å². The molecule has 4 saturated carbocycles. The summed E-state index contributed by atoms with van der Waals surface area (Å²) in [5.74, 6) is 3.74. The molecule has 0 bridgehead atoms. The molecule has 0 saturated heterocycles. The van der Waals surface area contributed by atoms with Crippen LogP contribution in [0.2, 0.25) is 0 Å². The third-order valence-electron chi connectivity index (χ3n) is 8.91. The molecule has 0 spiro atoms. The lowest BCUT2D eigenvalue weighted by molar-refractivity contribution is -0.152. The molecule has 0 amide bonds. The lowest BCUT2D eigenvalue weighted by Crippen LogP contribution is -2.55. The van der Waals surface area contributed by atoms with Crippen LogP contribution in [0.25, 0.3) is 0 Å². The van der Waals surface area contributed by atoms with Gasteiger partial charge in [0.2, 0.25) is 0 Å². The molecule has 124 valence electrons. The number of carbonyl (C=O) groups excluding carboxylic acids is 1. The quantitative estimate of drug-likeness (QED) is 0.728. The van der Waals surface area contributed by atoms with E-state index in [9.17, 15) is 9.90 Å². The Labute approximate surface area is 135 Å². The van der Waals surface area contributed by atoms with Gasteiger partial charge in [0.15, 0.2) is 0 Å². The summed E-state index contributed by atoms with van der Waals surface area (Å²) >= 11 is 0.